The molecule has 18 heavy (non-hydrogen) atoms. The van der Waals surface area contributed by atoms with Crippen LogP contribution < -0.4 is 16.0 Å². The summed E-state index contributed by atoms with van der Waals surface area (Å²) in [5, 5.41) is 0. The molecule has 0 saturated heterocycles. The molecule has 1 aliphatic rings. The van der Waals surface area contributed by atoms with Gasteiger partial charge in [0.15, 0.2) is 0 Å². The van der Waals surface area contributed by atoms with Crippen molar-refractivity contribution >= 4 is 11.9 Å². The number of aliphatic imine (C=N–C) groups is 1. The predicted octanol–water partition coefficient (Wildman–Crippen LogP) is 0.620. The van der Waals surface area contributed by atoms with Gasteiger partial charge in [0.05, 0.1) is 5.69 Å². The monoisotopic (exact) mass is 243 g/mol. The minimum absolute atomic E-state index is 0.421. The Hall–Kier alpha value is -2.63. The topological polar surface area (TPSA) is 76.5 Å². The van der Waals surface area contributed by atoms with Crippen molar-refractivity contribution in [3.8, 4) is 11.4 Å². The van der Waals surface area contributed by atoms with Gasteiger partial charge in [-0.1, -0.05) is 0 Å². The number of aromatic amines is 1. The highest BCUT2D eigenvalue weighted by atomic mass is 16.5. The summed E-state index contributed by atoms with van der Waals surface area (Å²) in [6.07, 6.45) is 3.08. The Morgan fingerprint density at radius 2 is 2.17 bits per heavy atom. The van der Waals surface area contributed by atoms with Crippen LogP contribution in [0, 0.1) is 0 Å². The van der Waals surface area contributed by atoms with Crippen molar-refractivity contribution in [3.63, 3.8) is 0 Å². The Kier molecular flexibility index (Phi) is 2.33. The van der Waals surface area contributed by atoms with Gasteiger partial charge in [-0.15, -0.1) is 0 Å². The molecule has 6 heteroatoms. The molecular formula is C12H9N3O3. The Morgan fingerprint density at radius 3 is 3.00 bits per heavy atom. The van der Waals surface area contributed by atoms with Crippen LogP contribution in [0.25, 0.3) is 5.69 Å². The fraction of sp³-hybridized carbons (Fsp3) is 0.0833. The van der Waals surface area contributed by atoms with Crippen molar-refractivity contribution in [2.45, 2.75) is 0 Å². The molecule has 0 amide bonds. The minimum Gasteiger partial charge on any atom is -0.486 e. The molecule has 0 fully saturated rings. The maximum Gasteiger partial charge on any atom is 0.332 e. The van der Waals surface area contributed by atoms with E-state index in [-0.39, 0.29) is 0 Å². The van der Waals surface area contributed by atoms with E-state index in [1.807, 2.05) is 0 Å². The lowest BCUT2D eigenvalue weighted by Crippen LogP contribution is -2.27. The lowest BCUT2D eigenvalue weighted by atomic mass is 10.2. The lowest BCUT2D eigenvalue weighted by molar-refractivity contribution is 0.377. The Balaban J connectivity index is 2.16. The molecule has 3 rings (SSSR count). The van der Waals surface area contributed by atoms with E-state index in [1.165, 1.54) is 16.8 Å². The van der Waals surface area contributed by atoms with Crippen molar-refractivity contribution in [1.29, 1.82) is 0 Å². The summed E-state index contributed by atoms with van der Waals surface area (Å²) in [6, 6.07) is 6.50. The zero-order chi connectivity index (χ0) is 12.5. The Labute approximate surface area is 101 Å². The quantitative estimate of drug-likeness (QED) is 0.797. The van der Waals surface area contributed by atoms with E-state index in [2.05, 4.69) is 9.98 Å². The number of nitrogens with one attached hydrogen (secondary N) is 1. The van der Waals surface area contributed by atoms with Crippen LogP contribution in [0.4, 0.5) is 5.69 Å². The summed E-state index contributed by atoms with van der Waals surface area (Å²) >= 11 is 0. The number of nitrogens with zero attached hydrogens (tertiary/aromatic N) is 2. The molecule has 2 aromatic rings. The van der Waals surface area contributed by atoms with Gasteiger partial charge < -0.3 is 4.74 Å². The number of fused-ring (bicyclic) bond motifs is 1. The summed E-state index contributed by atoms with van der Waals surface area (Å²) in [5.41, 5.74) is 0.383. The minimum atomic E-state index is -0.483. The fourth-order valence-corrected chi connectivity index (χ4v) is 1.76. The van der Waals surface area contributed by atoms with Gasteiger partial charge in [-0.25, -0.2) is 4.79 Å². The van der Waals surface area contributed by atoms with Crippen LogP contribution in [-0.4, -0.2) is 22.4 Å². The van der Waals surface area contributed by atoms with E-state index in [9.17, 15) is 9.59 Å². The highest BCUT2D eigenvalue weighted by Crippen LogP contribution is 2.31. The third-order valence-corrected chi connectivity index (χ3v) is 2.59. The first kappa shape index (κ1) is 10.5. The second kappa shape index (κ2) is 3.99. The summed E-state index contributed by atoms with van der Waals surface area (Å²) in [4.78, 5) is 29.0. The van der Waals surface area contributed by atoms with E-state index in [0.29, 0.717) is 23.7 Å². The van der Waals surface area contributed by atoms with Crippen molar-refractivity contribution in [2.24, 2.45) is 4.99 Å². The first-order valence-corrected chi connectivity index (χ1v) is 5.36. The first-order chi connectivity index (χ1) is 8.74. The van der Waals surface area contributed by atoms with Crippen LogP contribution in [0.5, 0.6) is 5.75 Å². The SMILES string of the molecule is O=c1ccn(-c2ccc3c(c2)N=CCO3)c(=O)[nH]1. The van der Waals surface area contributed by atoms with Gasteiger partial charge in [0.1, 0.15) is 18.0 Å². The van der Waals surface area contributed by atoms with Crippen molar-refractivity contribution in [1.82, 2.24) is 9.55 Å². The molecule has 1 aromatic carbocycles. The van der Waals surface area contributed by atoms with Gasteiger partial charge in [0.25, 0.3) is 5.56 Å². The number of ether oxygens (including phenoxy) is 1. The van der Waals surface area contributed by atoms with Crippen LogP contribution in [0.3, 0.4) is 0 Å². The number of hydrogen-bond acceptors (Lipinski definition) is 4. The smallest absolute Gasteiger partial charge is 0.332 e. The molecule has 1 N–H and O–H groups in total. The highest BCUT2D eigenvalue weighted by Gasteiger charge is 2.09. The van der Waals surface area contributed by atoms with Crippen molar-refractivity contribution in [3.05, 3.63) is 51.3 Å². The summed E-state index contributed by atoms with van der Waals surface area (Å²) < 4.78 is 6.71. The molecule has 0 aliphatic carbocycles. The van der Waals surface area contributed by atoms with Gasteiger partial charge in [-0.05, 0) is 18.2 Å². The average molecular weight is 243 g/mol. The largest absolute Gasteiger partial charge is 0.486 e. The molecule has 90 valence electrons. The van der Waals surface area contributed by atoms with Crippen molar-refractivity contribution < 1.29 is 4.74 Å². The maximum absolute atomic E-state index is 11.6. The molecule has 0 unspecified atom stereocenters. The molecule has 1 aromatic heterocycles. The Bertz CT molecular complexity index is 743. The highest BCUT2D eigenvalue weighted by molar-refractivity contribution is 5.72. The predicted molar refractivity (Wildman–Crippen MR) is 66.3 cm³/mol. The van der Waals surface area contributed by atoms with E-state index in [4.69, 9.17) is 4.74 Å². The van der Waals surface area contributed by atoms with Crippen LogP contribution >= 0.6 is 0 Å². The number of hydrogen-bond donors (Lipinski definition) is 1. The summed E-state index contributed by atoms with van der Waals surface area (Å²) in [7, 11) is 0. The molecular weight excluding hydrogens is 234 g/mol. The maximum atomic E-state index is 11.6. The number of H-pyrrole nitrogens is 1. The van der Waals surface area contributed by atoms with Crippen LogP contribution in [0.2, 0.25) is 0 Å². The standard InChI is InChI=1S/C12H9N3O3/c16-11-3-5-15(12(17)14-11)8-1-2-10-9(7-8)13-4-6-18-10/h1-5,7H,6H2,(H,14,16,17). The zero-order valence-corrected chi connectivity index (χ0v) is 9.29. The second-order valence-electron chi connectivity index (χ2n) is 3.75. The molecule has 0 bridgehead atoms. The zero-order valence-electron chi connectivity index (χ0n) is 9.29. The van der Waals surface area contributed by atoms with E-state index < -0.39 is 11.2 Å². The van der Waals surface area contributed by atoms with E-state index in [1.54, 1.807) is 24.4 Å². The summed E-state index contributed by atoms with van der Waals surface area (Å²) in [6.45, 7) is 0.449. The molecule has 0 saturated carbocycles. The van der Waals surface area contributed by atoms with Gasteiger partial charge in [0, 0.05) is 18.5 Å². The van der Waals surface area contributed by atoms with Crippen LogP contribution in [0.1, 0.15) is 0 Å². The molecule has 2 heterocycles. The molecule has 6 nitrogen and oxygen atoms in total. The fourth-order valence-electron chi connectivity index (χ4n) is 1.76. The van der Waals surface area contributed by atoms with E-state index in [0.717, 1.165) is 0 Å². The lowest BCUT2D eigenvalue weighted by Gasteiger charge is -2.13. The Morgan fingerprint density at radius 1 is 1.28 bits per heavy atom. The molecule has 1 aliphatic heterocycles. The van der Waals surface area contributed by atoms with Crippen LogP contribution in [0.15, 0.2) is 45.0 Å². The van der Waals surface area contributed by atoms with Crippen LogP contribution in [-0.2, 0) is 0 Å². The van der Waals surface area contributed by atoms with E-state index >= 15 is 0 Å². The number of rotatable bonds is 1. The third kappa shape index (κ3) is 1.73. The number of aromatic nitrogens is 2. The molecule has 0 radical (unpaired) electrons. The summed E-state index contributed by atoms with van der Waals surface area (Å²) in [5.74, 6) is 0.679. The van der Waals surface area contributed by atoms with Crippen molar-refractivity contribution in [2.75, 3.05) is 6.61 Å². The van der Waals surface area contributed by atoms with Gasteiger partial charge >= 0.3 is 5.69 Å². The molecule has 0 atom stereocenters. The normalized spacial score (nSPS) is 12.9. The first-order valence-electron chi connectivity index (χ1n) is 5.36. The molecule has 0 spiro atoms. The number of benzene rings is 1. The second-order valence-corrected chi connectivity index (χ2v) is 3.75. The van der Waals surface area contributed by atoms with Gasteiger partial charge in [-0.3, -0.25) is 19.3 Å². The van der Waals surface area contributed by atoms with Gasteiger partial charge in [-0.2, -0.15) is 0 Å². The average Bonchev–Trinajstić information content (AvgIpc) is 2.38. The van der Waals surface area contributed by atoms with Gasteiger partial charge in [0.2, 0.25) is 0 Å². The third-order valence-electron chi connectivity index (χ3n) is 2.59.